The first-order valence-corrected chi connectivity index (χ1v) is 14.7. The Balaban J connectivity index is 0.000000853. The number of nitrogens with zero attached hydrogens (tertiary/aromatic N) is 9. The number of hydrazine groups is 4. The Morgan fingerprint density at radius 2 is 0.863 bits per heavy atom. The highest BCUT2D eigenvalue weighted by molar-refractivity contribution is 6.06. The molecule has 4 aromatic carbocycles. The third kappa shape index (κ3) is 7.45. The van der Waals surface area contributed by atoms with E-state index in [9.17, 15) is 0 Å². The molecule has 0 aliphatic carbocycles. The molecule has 0 saturated heterocycles. The van der Waals surface area contributed by atoms with Crippen molar-refractivity contribution in [3.8, 4) is 22.8 Å². The topological polar surface area (TPSA) is 269 Å². The number of aromatic nitrogens is 8. The molecule has 2 aromatic heterocycles. The molecule has 0 saturated carbocycles. The molecule has 0 spiro atoms. The number of tetrazole rings is 2. The average molecular weight is 688 g/mol. The van der Waals surface area contributed by atoms with Crippen molar-refractivity contribution in [1.82, 2.24) is 74.2 Å². The van der Waals surface area contributed by atoms with Crippen molar-refractivity contribution in [3.05, 3.63) is 141 Å². The van der Waals surface area contributed by atoms with E-state index >= 15 is 0 Å². The first-order chi connectivity index (χ1) is 24.5. The molecular weight excluding hydrogens is 658 g/mol. The summed E-state index contributed by atoms with van der Waals surface area (Å²) >= 11 is 0. The highest BCUT2D eigenvalue weighted by Gasteiger charge is 2.19. The SMILES string of the molecule is C.O=[N+]([O-])O.c1cc(/C(=C(/c2ccc(C3=NNNN3)cc2)c2ccc(-c3nnn[nH]3)cc2)c2ccc(-c3nnn[nH]3)cc2)ccc1C1=NNNN1. The summed E-state index contributed by atoms with van der Waals surface area (Å²) < 4.78 is 0. The lowest BCUT2D eigenvalue weighted by molar-refractivity contribution is -0.742. The zero-order valence-electron chi connectivity index (χ0n) is 25.5. The van der Waals surface area contributed by atoms with Crippen molar-refractivity contribution in [2.45, 2.75) is 7.43 Å². The molecule has 20 heteroatoms. The molecular formula is C31H29N17O3. The molecule has 0 radical (unpaired) electrons. The summed E-state index contributed by atoms with van der Waals surface area (Å²) in [4.78, 5) is 8.36. The Bertz CT molecular complexity index is 2010. The fraction of sp³-hybridized carbons (Fsp3) is 0.0323. The van der Waals surface area contributed by atoms with Gasteiger partial charge in [0.2, 0.25) is 0 Å². The summed E-state index contributed by atoms with van der Waals surface area (Å²) in [6, 6.07) is 32.9. The van der Waals surface area contributed by atoms with Gasteiger partial charge in [0.05, 0.1) is 0 Å². The van der Waals surface area contributed by atoms with Crippen LogP contribution in [-0.2, 0) is 0 Å². The Morgan fingerprint density at radius 3 is 1.12 bits per heavy atom. The van der Waals surface area contributed by atoms with Crippen molar-refractivity contribution >= 4 is 22.8 Å². The number of benzene rings is 4. The minimum absolute atomic E-state index is 0. The van der Waals surface area contributed by atoms with E-state index in [2.05, 4.69) is 133 Å². The summed E-state index contributed by atoms with van der Waals surface area (Å²) in [6.07, 6.45) is 0. The second-order valence-electron chi connectivity index (χ2n) is 10.4. The van der Waals surface area contributed by atoms with E-state index < -0.39 is 5.09 Å². The van der Waals surface area contributed by atoms with Crippen LogP contribution in [0.3, 0.4) is 0 Å². The molecule has 0 unspecified atom stereocenters. The van der Waals surface area contributed by atoms with E-state index in [0.717, 1.165) is 55.7 Å². The van der Waals surface area contributed by atoms with Gasteiger partial charge in [0, 0.05) is 22.3 Å². The Labute approximate surface area is 288 Å². The van der Waals surface area contributed by atoms with Crippen LogP contribution in [0, 0.1) is 10.1 Å². The van der Waals surface area contributed by atoms with E-state index in [1.807, 2.05) is 48.5 Å². The minimum atomic E-state index is -1.50. The maximum Gasteiger partial charge on any atom is 0.291 e. The van der Waals surface area contributed by atoms with Gasteiger partial charge in [-0.1, -0.05) is 104 Å². The predicted octanol–water partition coefficient (Wildman–Crippen LogP) is 1.89. The first kappa shape index (κ1) is 33.3. The van der Waals surface area contributed by atoms with E-state index in [-0.39, 0.29) is 7.43 Å². The summed E-state index contributed by atoms with van der Waals surface area (Å²) in [5.41, 5.74) is 26.7. The largest absolute Gasteiger partial charge is 0.328 e. The second kappa shape index (κ2) is 15.1. The maximum atomic E-state index is 8.36. The van der Waals surface area contributed by atoms with Crippen LogP contribution in [0.1, 0.15) is 40.8 Å². The van der Waals surface area contributed by atoms with Gasteiger partial charge in [-0.3, -0.25) is 10.9 Å². The fourth-order valence-corrected chi connectivity index (χ4v) is 5.32. The molecule has 256 valence electrons. The summed E-state index contributed by atoms with van der Waals surface area (Å²) in [5.74, 6) is 2.58. The van der Waals surface area contributed by atoms with Crippen molar-refractivity contribution in [1.29, 1.82) is 0 Å². The van der Waals surface area contributed by atoms with Crippen molar-refractivity contribution in [2.24, 2.45) is 10.2 Å². The lowest BCUT2D eigenvalue weighted by Crippen LogP contribution is -2.35. The molecule has 0 bridgehead atoms. The van der Waals surface area contributed by atoms with Gasteiger partial charge in [0.1, 0.15) is 0 Å². The number of hydrogen-bond acceptors (Lipinski definition) is 16. The quantitative estimate of drug-likeness (QED) is 0.0628. The smallest absolute Gasteiger partial charge is 0.291 e. The molecule has 8 rings (SSSR count). The standard InChI is InChI=1S/C30H24N16.CH4.HNO3/c1-9-21(27-31-39-40-32-27)10-2-17(1)25(18-3-11-22(12-4-18)28-33-41-42-34-28)26(19-5-13-23(14-6-19)29-35-43-44-36-29)20-7-15-24(16-8-20)30-37-45-46-38-30;;2-1(3)4/h1-16,39-40,43-44H,(H,31,32)(H,35,36)(H,33,34,41,42)(H,37,38,45,46);1H4;(H,2,3,4)/b26-25+;;. The van der Waals surface area contributed by atoms with Gasteiger partial charge in [-0.25, -0.2) is 21.3 Å². The van der Waals surface area contributed by atoms with Gasteiger partial charge in [0.15, 0.2) is 23.3 Å². The van der Waals surface area contributed by atoms with Crippen molar-refractivity contribution in [3.63, 3.8) is 0 Å². The number of H-pyrrole nitrogens is 2. The summed E-state index contributed by atoms with van der Waals surface area (Å²) in [7, 11) is 0. The molecule has 9 N–H and O–H groups in total. The lowest BCUT2D eigenvalue weighted by atomic mass is 9.84. The van der Waals surface area contributed by atoms with E-state index in [4.69, 9.17) is 15.3 Å². The molecule has 0 atom stereocenters. The normalized spacial score (nSPS) is 13.4. The van der Waals surface area contributed by atoms with Crippen LogP contribution in [0.25, 0.3) is 33.9 Å². The van der Waals surface area contributed by atoms with E-state index in [1.165, 1.54) is 0 Å². The highest BCUT2D eigenvalue weighted by atomic mass is 16.9. The molecule has 4 heterocycles. The minimum Gasteiger partial charge on any atom is -0.328 e. The number of aromatic amines is 2. The zero-order chi connectivity index (χ0) is 34.3. The molecule has 2 aliphatic heterocycles. The number of nitrogens with one attached hydrogen (secondary N) is 8. The average Bonchev–Trinajstić information content (AvgIpc) is 4.00. The van der Waals surface area contributed by atoms with Gasteiger partial charge in [-0.15, -0.1) is 41.6 Å². The van der Waals surface area contributed by atoms with Crippen LogP contribution in [0.4, 0.5) is 0 Å². The fourth-order valence-electron chi connectivity index (χ4n) is 5.32. The van der Waals surface area contributed by atoms with Crippen LogP contribution in [0.5, 0.6) is 0 Å². The van der Waals surface area contributed by atoms with Crippen LogP contribution in [0.15, 0.2) is 107 Å². The Kier molecular flexibility index (Phi) is 9.87. The van der Waals surface area contributed by atoms with Crippen LogP contribution in [-0.4, -0.2) is 63.2 Å². The zero-order valence-corrected chi connectivity index (χ0v) is 25.5. The highest BCUT2D eigenvalue weighted by Crippen LogP contribution is 2.38. The van der Waals surface area contributed by atoms with Gasteiger partial charge in [-0.05, 0) is 54.3 Å². The van der Waals surface area contributed by atoms with Crippen LogP contribution < -0.4 is 33.0 Å². The number of hydrogen-bond donors (Lipinski definition) is 9. The second-order valence-corrected chi connectivity index (χ2v) is 10.4. The van der Waals surface area contributed by atoms with Crippen LogP contribution >= 0.6 is 0 Å². The van der Waals surface area contributed by atoms with Crippen molar-refractivity contribution < 1.29 is 10.3 Å². The van der Waals surface area contributed by atoms with Gasteiger partial charge in [0.25, 0.3) is 5.09 Å². The molecule has 2 aliphatic rings. The van der Waals surface area contributed by atoms with Crippen molar-refractivity contribution in [2.75, 3.05) is 0 Å². The monoisotopic (exact) mass is 687 g/mol. The number of amidine groups is 2. The lowest BCUT2D eigenvalue weighted by Gasteiger charge is -2.19. The third-order valence-electron chi connectivity index (χ3n) is 7.54. The summed E-state index contributed by atoms with van der Waals surface area (Å²) in [6.45, 7) is 0. The molecule has 0 amide bonds. The Morgan fingerprint density at radius 1 is 0.549 bits per heavy atom. The molecule has 6 aromatic rings. The first-order valence-electron chi connectivity index (χ1n) is 14.7. The molecule has 0 fully saturated rings. The van der Waals surface area contributed by atoms with Crippen LogP contribution in [0.2, 0.25) is 0 Å². The van der Waals surface area contributed by atoms with Gasteiger partial charge < -0.3 is 5.21 Å². The maximum absolute atomic E-state index is 8.36. The number of hydrazone groups is 2. The van der Waals surface area contributed by atoms with Gasteiger partial charge >= 0.3 is 0 Å². The predicted molar refractivity (Wildman–Crippen MR) is 185 cm³/mol. The molecule has 51 heavy (non-hydrogen) atoms. The third-order valence-corrected chi connectivity index (χ3v) is 7.54. The van der Waals surface area contributed by atoms with Gasteiger partial charge in [-0.2, -0.15) is 0 Å². The Hall–Kier alpha value is -7.58. The molecule has 20 nitrogen and oxygen atoms in total. The summed E-state index contributed by atoms with van der Waals surface area (Å²) in [5, 5.41) is 50.8. The van der Waals surface area contributed by atoms with E-state index in [0.29, 0.717) is 23.3 Å². The van der Waals surface area contributed by atoms with E-state index in [1.54, 1.807) is 0 Å². The number of rotatable bonds is 8.